The first-order valence-electron chi connectivity index (χ1n) is 12.1. The molecule has 0 unspecified atom stereocenters. The number of ether oxygens (including phenoxy) is 3. The van der Waals surface area contributed by atoms with Crippen molar-refractivity contribution in [2.45, 2.75) is 51.2 Å². The van der Waals surface area contributed by atoms with Crippen LogP contribution < -0.4 is 24.4 Å². The molecular weight excluding hydrogens is 466 g/mol. The second kappa shape index (κ2) is 12.0. The summed E-state index contributed by atoms with van der Waals surface area (Å²) in [6, 6.07) is 12.6. The van der Waals surface area contributed by atoms with Gasteiger partial charge >= 0.3 is 0 Å². The zero-order valence-corrected chi connectivity index (χ0v) is 20.9. The predicted octanol–water partition coefficient (Wildman–Crippen LogP) is 5.23. The lowest BCUT2D eigenvalue weighted by molar-refractivity contribution is -0.121. The highest BCUT2D eigenvalue weighted by atomic mass is 32.2. The van der Waals surface area contributed by atoms with Crippen molar-refractivity contribution in [1.82, 2.24) is 0 Å². The molecule has 0 aliphatic carbocycles. The molecule has 1 saturated heterocycles. The van der Waals surface area contributed by atoms with E-state index < -0.39 is 5.25 Å². The Hall–Kier alpha value is -3.20. The molecule has 1 fully saturated rings. The van der Waals surface area contributed by atoms with Gasteiger partial charge in [-0.05, 0) is 49.7 Å². The number of amidine groups is 1. The number of anilines is 2. The number of unbranched alkanes of at least 4 members (excludes halogenated alkanes) is 3. The Labute approximate surface area is 210 Å². The Morgan fingerprint density at radius 2 is 1.89 bits per heavy atom. The first-order chi connectivity index (χ1) is 17.1. The normalized spacial score (nSPS) is 17.3. The average Bonchev–Trinajstić information content (AvgIpc) is 3.43. The van der Waals surface area contributed by atoms with Crippen LogP contribution >= 0.6 is 11.8 Å². The number of hydrogen-bond acceptors (Lipinski definition) is 7. The molecule has 2 aliphatic heterocycles. The predicted molar refractivity (Wildman–Crippen MR) is 139 cm³/mol. The number of imide groups is 1. The minimum absolute atomic E-state index is 0.116. The van der Waals surface area contributed by atoms with Gasteiger partial charge in [0.25, 0.3) is 0 Å². The summed E-state index contributed by atoms with van der Waals surface area (Å²) < 4.78 is 16.6. The number of thioether (sulfide) groups is 1. The smallest absolute Gasteiger partial charge is 0.247 e. The molecule has 0 radical (unpaired) electrons. The van der Waals surface area contributed by atoms with E-state index in [4.69, 9.17) is 14.2 Å². The third-order valence-corrected chi connectivity index (χ3v) is 6.75. The fourth-order valence-electron chi connectivity index (χ4n) is 3.86. The van der Waals surface area contributed by atoms with Gasteiger partial charge < -0.3 is 19.5 Å². The number of aliphatic imine (C=N–C) groups is 1. The fourth-order valence-corrected chi connectivity index (χ4v) is 4.94. The second-order valence-electron chi connectivity index (χ2n) is 8.25. The number of amides is 2. The van der Waals surface area contributed by atoms with Crippen molar-refractivity contribution in [3.63, 3.8) is 0 Å². The first kappa shape index (κ1) is 24.9. The van der Waals surface area contributed by atoms with E-state index in [1.807, 2.05) is 25.1 Å². The molecule has 2 heterocycles. The van der Waals surface area contributed by atoms with Crippen molar-refractivity contribution in [2.24, 2.45) is 4.99 Å². The molecule has 0 bridgehead atoms. The van der Waals surface area contributed by atoms with Crippen LogP contribution in [0.4, 0.5) is 11.4 Å². The maximum absolute atomic E-state index is 13.2. The number of benzene rings is 2. The standard InChI is InChI=1S/C26H31N3O5S/c1-3-5-6-7-14-32-20-11-9-19(10-12-20)29-24(30)16-23(25(29)31)35-26(27-4-2)28-18-8-13-21-22(15-18)34-17-33-21/h8-13,15,23H,3-7,14,16-17H2,1-2H3,(H,27,28)/t23-/m0/s1. The summed E-state index contributed by atoms with van der Waals surface area (Å²) in [6.07, 6.45) is 4.67. The van der Waals surface area contributed by atoms with E-state index in [9.17, 15) is 9.59 Å². The number of carbonyl (C=O) groups is 2. The maximum atomic E-state index is 13.2. The summed E-state index contributed by atoms with van der Waals surface area (Å²) in [5, 5.41) is 3.27. The molecule has 0 spiro atoms. The van der Waals surface area contributed by atoms with Crippen molar-refractivity contribution in [2.75, 3.05) is 30.2 Å². The SMILES string of the molecule is CCCCCCOc1ccc(N2C(=O)C[C@H](SC(=NCC)Nc3ccc4c(c3)OCO4)C2=O)cc1. The average molecular weight is 498 g/mol. The molecule has 186 valence electrons. The third-order valence-electron chi connectivity index (χ3n) is 5.65. The Morgan fingerprint density at radius 1 is 1.09 bits per heavy atom. The van der Waals surface area contributed by atoms with Gasteiger partial charge in [0, 0.05) is 24.7 Å². The van der Waals surface area contributed by atoms with Crippen LogP contribution in [0.3, 0.4) is 0 Å². The number of rotatable bonds is 10. The van der Waals surface area contributed by atoms with Gasteiger partial charge in [-0.15, -0.1) is 0 Å². The van der Waals surface area contributed by atoms with Gasteiger partial charge in [0.2, 0.25) is 18.6 Å². The van der Waals surface area contributed by atoms with Gasteiger partial charge in [-0.2, -0.15) is 0 Å². The van der Waals surface area contributed by atoms with Gasteiger partial charge in [-0.1, -0.05) is 37.9 Å². The lowest BCUT2D eigenvalue weighted by Crippen LogP contribution is -2.31. The van der Waals surface area contributed by atoms with Gasteiger partial charge in [0.1, 0.15) is 11.0 Å². The van der Waals surface area contributed by atoms with Gasteiger partial charge in [0.15, 0.2) is 16.7 Å². The highest BCUT2D eigenvalue weighted by Crippen LogP contribution is 2.36. The van der Waals surface area contributed by atoms with Crippen molar-refractivity contribution >= 4 is 40.1 Å². The lowest BCUT2D eigenvalue weighted by atomic mass is 10.2. The number of nitrogens with one attached hydrogen (secondary N) is 1. The van der Waals surface area contributed by atoms with Crippen LogP contribution in [-0.2, 0) is 9.59 Å². The van der Waals surface area contributed by atoms with Crippen LogP contribution in [0.25, 0.3) is 0 Å². The highest BCUT2D eigenvalue weighted by molar-refractivity contribution is 8.15. The first-order valence-corrected chi connectivity index (χ1v) is 12.9. The Bertz CT molecular complexity index is 1070. The topological polar surface area (TPSA) is 89.5 Å². The molecule has 1 atom stereocenters. The highest BCUT2D eigenvalue weighted by Gasteiger charge is 2.40. The molecule has 8 nitrogen and oxygen atoms in total. The van der Waals surface area contributed by atoms with Crippen LogP contribution in [0.5, 0.6) is 17.2 Å². The van der Waals surface area contributed by atoms with Crippen molar-refractivity contribution in [1.29, 1.82) is 0 Å². The number of carbonyl (C=O) groups excluding carboxylic acids is 2. The van der Waals surface area contributed by atoms with Gasteiger partial charge in [-0.3, -0.25) is 14.6 Å². The van der Waals surface area contributed by atoms with E-state index in [0.717, 1.165) is 24.3 Å². The zero-order valence-electron chi connectivity index (χ0n) is 20.1. The monoisotopic (exact) mass is 497 g/mol. The zero-order chi connectivity index (χ0) is 24.6. The molecule has 2 amide bonds. The maximum Gasteiger partial charge on any atom is 0.247 e. The molecule has 2 aromatic carbocycles. The summed E-state index contributed by atoms with van der Waals surface area (Å²) in [5.41, 5.74) is 1.33. The summed E-state index contributed by atoms with van der Waals surface area (Å²) in [7, 11) is 0. The van der Waals surface area contributed by atoms with Crippen LogP contribution in [0, 0.1) is 0 Å². The summed E-state index contributed by atoms with van der Waals surface area (Å²) in [4.78, 5) is 31.6. The molecule has 2 aliphatic rings. The number of hydrogen-bond donors (Lipinski definition) is 1. The largest absolute Gasteiger partial charge is 0.494 e. The molecule has 4 rings (SSSR count). The Kier molecular flexibility index (Phi) is 8.52. The van der Waals surface area contributed by atoms with Crippen LogP contribution in [-0.4, -0.2) is 42.2 Å². The van der Waals surface area contributed by atoms with Crippen LogP contribution in [0.15, 0.2) is 47.5 Å². The number of nitrogens with zero attached hydrogens (tertiary/aromatic N) is 2. The molecule has 9 heteroatoms. The molecule has 0 saturated carbocycles. The number of fused-ring (bicyclic) bond motifs is 1. The van der Waals surface area contributed by atoms with E-state index >= 15 is 0 Å². The minimum Gasteiger partial charge on any atom is -0.494 e. The van der Waals surface area contributed by atoms with Crippen LogP contribution in [0.1, 0.15) is 46.0 Å². The quantitative estimate of drug-likeness (QED) is 0.208. The molecule has 1 N–H and O–H groups in total. The molecule has 2 aromatic rings. The van der Waals surface area contributed by atoms with Gasteiger partial charge in [-0.25, -0.2) is 4.90 Å². The van der Waals surface area contributed by atoms with Crippen molar-refractivity contribution in [3.05, 3.63) is 42.5 Å². The molecule has 0 aromatic heterocycles. The van der Waals surface area contributed by atoms with Gasteiger partial charge in [0.05, 0.1) is 12.3 Å². The van der Waals surface area contributed by atoms with Crippen molar-refractivity contribution < 1.29 is 23.8 Å². The molecule has 35 heavy (non-hydrogen) atoms. The lowest BCUT2D eigenvalue weighted by Gasteiger charge is -2.16. The molecular formula is C26H31N3O5S. The van der Waals surface area contributed by atoms with E-state index in [2.05, 4.69) is 17.2 Å². The van der Waals surface area contributed by atoms with E-state index in [0.29, 0.717) is 35.5 Å². The summed E-state index contributed by atoms with van der Waals surface area (Å²) in [6.45, 7) is 5.50. The Morgan fingerprint density at radius 3 is 2.66 bits per heavy atom. The van der Waals surface area contributed by atoms with E-state index in [1.54, 1.807) is 24.3 Å². The van der Waals surface area contributed by atoms with E-state index in [1.165, 1.54) is 29.5 Å². The minimum atomic E-state index is -0.552. The Balaban J connectivity index is 1.37. The van der Waals surface area contributed by atoms with E-state index in [-0.39, 0.29) is 25.0 Å². The fraction of sp³-hybridized carbons (Fsp3) is 0.423. The summed E-state index contributed by atoms with van der Waals surface area (Å²) in [5.74, 6) is 1.62. The third kappa shape index (κ3) is 6.28. The van der Waals surface area contributed by atoms with Crippen LogP contribution in [0.2, 0.25) is 0 Å². The van der Waals surface area contributed by atoms with Crippen molar-refractivity contribution in [3.8, 4) is 17.2 Å². The summed E-state index contributed by atoms with van der Waals surface area (Å²) >= 11 is 1.27. The second-order valence-corrected chi connectivity index (χ2v) is 9.44.